The minimum Gasteiger partial charge on any atom is -0.465 e. The van der Waals surface area contributed by atoms with Crippen molar-refractivity contribution in [2.45, 2.75) is 17.9 Å². The lowest BCUT2D eigenvalue weighted by molar-refractivity contribution is 0.0600. The van der Waals surface area contributed by atoms with Gasteiger partial charge in [-0.1, -0.05) is 41.9 Å². The van der Waals surface area contributed by atoms with E-state index in [4.69, 9.17) is 17.3 Å². The lowest BCUT2D eigenvalue weighted by Gasteiger charge is -2.23. The molecule has 0 fully saturated rings. The molecule has 6 nitrogen and oxygen atoms in total. The molecule has 140 valence electrons. The van der Waals surface area contributed by atoms with E-state index in [1.165, 1.54) is 29.6 Å². The molecule has 0 spiro atoms. The van der Waals surface area contributed by atoms with Gasteiger partial charge >= 0.3 is 5.97 Å². The Morgan fingerprint density at radius 3 is 2.46 bits per heavy atom. The van der Waals surface area contributed by atoms with E-state index in [1.54, 1.807) is 0 Å². The maximum atomic E-state index is 13.1. The summed E-state index contributed by atoms with van der Waals surface area (Å²) < 4.78 is 32.2. The van der Waals surface area contributed by atoms with E-state index in [2.05, 4.69) is 4.74 Å². The van der Waals surface area contributed by atoms with Gasteiger partial charge in [0.15, 0.2) is 0 Å². The molecular formula is C18H21ClN2O4S. The molecule has 0 aliphatic rings. The Labute approximate surface area is 158 Å². The second-order valence-corrected chi connectivity index (χ2v) is 7.92. The van der Waals surface area contributed by atoms with Crippen LogP contribution in [-0.4, -0.2) is 38.9 Å². The minimum atomic E-state index is -3.86. The number of carbonyl (C=O) groups is 1. The Morgan fingerprint density at radius 2 is 1.88 bits per heavy atom. The fourth-order valence-corrected chi connectivity index (χ4v) is 4.42. The Kier molecular flexibility index (Phi) is 7.16. The lowest BCUT2D eigenvalue weighted by Crippen LogP contribution is -2.32. The molecule has 0 saturated heterocycles. The molecule has 8 heteroatoms. The lowest BCUT2D eigenvalue weighted by atomic mass is 10.2. The van der Waals surface area contributed by atoms with E-state index in [0.29, 0.717) is 13.0 Å². The maximum absolute atomic E-state index is 13.1. The Hall–Kier alpha value is -1.93. The second-order valence-electron chi connectivity index (χ2n) is 5.60. The number of nitrogens with zero attached hydrogens (tertiary/aromatic N) is 1. The number of ether oxygens (including phenoxy) is 1. The van der Waals surface area contributed by atoms with Gasteiger partial charge in [0.1, 0.15) is 4.90 Å². The zero-order chi connectivity index (χ0) is 19.2. The van der Waals surface area contributed by atoms with E-state index in [9.17, 15) is 13.2 Å². The molecule has 0 amide bonds. The Morgan fingerprint density at radius 1 is 1.19 bits per heavy atom. The topological polar surface area (TPSA) is 89.7 Å². The molecule has 2 aromatic carbocycles. The molecule has 0 aliphatic carbocycles. The third-order valence-corrected chi connectivity index (χ3v) is 6.11. The van der Waals surface area contributed by atoms with Crippen LogP contribution in [0.5, 0.6) is 0 Å². The highest BCUT2D eigenvalue weighted by Gasteiger charge is 2.27. The van der Waals surface area contributed by atoms with Crippen LogP contribution in [0.25, 0.3) is 0 Å². The first kappa shape index (κ1) is 20.4. The zero-order valence-electron chi connectivity index (χ0n) is 14.4. The van der Waals surface area contributed by atoms with Gasteiger partial charge < -0.3 is 10.5 Å². The number of methoxy groups -OCH3 is 1. The summed E-state index contributed by atoms with van der Waals surface area (Å²) in [6, 6.07) is 13.3. The highest BCUT2D eigenvalue weighted by molar-refractivity contribution is 7.89. The van der Waals surface area contributed by atoms with Crippen LogP contribution in [-0.2, 0) is 21.3 Å². The van der Waals surface area contributed by atoms with Crippen molar-refractivity contribution in [2.75, 3.05) is 20.2 Å². The molecule has 0 aliphatic heterocycles. The minimum absolute atomic E-state index is 0.0290. The van der Waals surface area contributed by atoms with Crippen LogP contribution < -0.4 is 5.73 Å². The van der Waals surface area contributed by atoms with Crippen molar-refractivity contribution >= 4 is 27.6 Å². The molecule has 0 aromatic heterocycles. The van der Waals surface area contributed by atoms with Crippen molar-refractivity contribution in [2.24, 2.45) is 5.73 Å². The van der Waals surface area contributed by atoms with E-state index in [1.807, 2.05) is 30.3 Å². The molecular weight excluding hydrogens is 376 g/mol. The summed E-state index contributed by atoms with van der Waals surface area (Å²) >= 11 is 6.16. The summed E-state index contributed by atoms with van der Waals surface area (Å²) in [5, 5.41) is -0.0290. The largest absolute Gasteiger partial charge is 0.465 e. The smallest absolute Gasteiger partial charge is 0.337 e. The van der Waals surface area contributed by atoms with Crippen molar-refractivity contribution < 1.29 is 17.9 Å². The third kappa shape index (κ3) is 4.82. The predicted molar refractivity (Wildman–Crippen MR) is 101 cm³/mol. The van der Waals surface area contributed by atoms with Crippen molar-refractivity contribution in [3.8, 4) is 0 Å². The standard InChI is InChI=1S/C18H21ClN2O4S/c1-25-18(22)15-8-9-17(16(19)12-15)26(23,24)21(11-5-10-20)13-14-6-3-2-4-7-14/h2-4,6-9,12H,5,10-11,13,20H2,1H3. The van der Waals surface area contributed by atoms with Gasteiger partial charge in [0.25, 0.3) is 0 Å². The molecule has 26 heavy (non-hydrogen) atoms. The zero-order valence-corrected chi connectivity index (χ0v) is 16.0. The van der Waals surface area contributed by atoms with E-state index in [-0.39, 0.29) is 28.6 Å². The number of halogens is 1. The molecule has 0 unspecified atom stereocenters. The third-order valence-electron chi connectivity index (χ3n) is 3.78. The van der Waals surface area contributed by atoms with Gasteiger partial charge in [-0.2, -0.15) is 4.31 Å². The summed E-state index contributed by atoms with van der Waals surface area (Å²) in [7, 11) is -2.61. The number of esters is 1. The number of hydrogen-bond donors (Lipinski definition) is 1. The molecule has 2 aromatic rings. The van der Waals surface area contributed by atoms with Crippen molar-refractivity contribution in [1.82, 2.24) is 4.31 Å². The van der Waals surface area contributed by atoms with Crippen LogP contribution in [0.4, 0.5) is 0 Å². The summed E-state index contributed by atoms with van der Waals surface area (Å²) in [5.74, 6) is -0.583. The van der Waals surface area contributed by atoms with Crippen molar-refractivity contribution in [1.29, 1.82) is 0 Å². The molecule has 0 heterocycles. The maximum Gasteiger partial charge on any atom is 0.337 e. The number of benzene rings is 2. The predicted octanol–water partition coefficient (Wildman–Crippen LogP) is 2.67. The molecule has 2 rings (SSSR count). The van der Waals surface area contributed by atoms with Gasteiger partial charge in [0.05, 0.1) is 17.7 Å². The summed E-state index contributed by atoms with van der Waals surface area (Å²) in [6.07, 6.45) is 0.518. The van der Waals surface area contributed by atoms with Crippen LogP contribution in [0.15, 0.2) is 53.4 Å². The first-order valence-corrected chi connectivity index (χ1v) is 9.84. The first-order chi connectivity index (χ1) is 12.4. The number of sulfonamides is 1. The van der Waals surface area contributed by atoms with Crippen molar-refractivity contribution in [3.05, 3.63) is 64.7 Å². The average molecular weight is 397 g/mol. The van der Waals surface area contributed by atoms with Gasteiger partial charge in [-0.05, 0) is 36.7 Å². The van der Waals surface area contributed by atoms with Crippen LogP contribution in [0.3, 0.4) is 0 Å². The highest BCUT2D eigenvalue weighted by Crippen LogP contribution is 2.27. The monoisotopic (exact) mass is 396 g/mol. The highest BCUT2D eigenvalue weighted by atomic mass is 35.5. The summed E-state index contributed by atoms with van der Waals surface area (Å²) in [6.45, 7) is 0.844. The molecule has 0 atom stereocenters. The van der Waals surface area contributed by atoms with Gasteiger partial charge in [-0.15, -0.1) is 0 Å². The van der Waals surface area contributed by atoms with Crippen LogP contribution in [0.1, 0.15) is 22.3 Å². The number of nitrogens with two attached hydrogens (primary N) is 1. The number of rotatable bonds is 8. The Balaban J connectivity index is 2.37. The summed E-state index contributed by atoms with van der Waals surface area (Å²) in [5.41, 5.74) is 6.60. The fraction of sp³-hybridized carbons (Fsp3) is 0.278. The molecule has 2 N–H and O–H groups in total. The van der Waals surface area contributed by atoms with Crippen molar-refractivity contribution in [3.63, 3.8) is 0 Å². The first-order valence-electron chi connectivity index (χ1n) is 8.02. The van der Waals surface area contributed by atoms with E-state index < -0.39 is 16.0 Å². The van der Waals surface area contributed by atoms with Crippen LogP contribution in [0.2, 0.25) is 5.02 Å². The Bertz CT molecular complexity index is 857. The molecule has 0 radical (unpaired) electrons. The second kappa shape index (κ2) is 9.14. The molecule has 0 saturated carbocycles. The van der Waals surface area contributed by atoms with Gasteiger partial charge in [-0.25, -0.2) is 13.2 Å². The van der Waals surface area contributed by atoms with E-state index in [0.717, 1.165) is 5.56 Å². The number of carbonyl (C=O) groups excluding carboxylic acids is 1. The average Bonchev–Trinajstić information content (AvgIpc) is 2.64. The SMILES string of the molecule is COC(=O)c1ccc(S(=O)(=O)N(CCCN)Cc2ccccc2)c(Cl)c1. The van der Waals surface area contributed by atoms with Gasteiger partial charge in [0, 0.05) is 13.1 Å². The summed E-state index contributed by atoms with van der Waals surface area (Å²) in [4.78, 5) is 11.5. The van der Waals surface area contributed by atoms with E-state index >= 15 is 0 Å². The molecule has 0 bridgehead atoms. The number of hydrogen-bond acceptors (Lipinski definition) is 5. The van der Waals surface area contributed by atoms with Crippen LogP contribution >= 0.6 is 11.6 Å². The normalized spacial score (nSPS) is 11.5. The quantitative estimate of drug-likeness (QED) is 0.693. The van der Waals surface area contributed by atoms with Gasteiger partial charge in [-0.3, -0.25) is 0 Å². The van der Waals surface area contributed by atoms with Crippen LogP contribution in [0, 0.1) is 0 Å². The van der Waals surface area contributed by atoms with Gasteiger partial charge in [0.2, 0.25) is 10.0 Å². The fourth-order valence-electron chi connectivity index (χ4n) is 2.43.